The lowest BCUT2D eigenvalue weighted by atomic mass is 10.2. The summed E-state index contributed by atoms with van der Waals surface area (Å²) in [5.74, 6) is 1.23. The SMILES string of the molecule is C=O.Cc1nc(-c2ccccc2)n2nc(Nc3ccc(C=O)cc3)ncc12. The Bertz CT molecular complexity index is 1060. The number of rotatable bonds is 4. The number of imidazole rings is 1. The number of carbonyl (C=O) groups is 2. The highest BCUT2D eigenvalue weighted by Crippen LogP contribution is 2.22. The zero-order chi connectivity index (χ0) is 19.2. The lowest BCUT2D eigenvalue weighted by Gasteiger charge is -2.06. The third kappa shape index (κ3) is 3.72. The van der Waals surface area contributed by atoms with Crippen molar-refractivity contribution in [3.8, 4) is 11.4 Å². The van der Waals surface area contributed by atoms with Crippen LogP contribution in [0.5, 0.6) is 0 Å². The van der Waals surface area contributed by atoms with Gasteiger partial charge in [-0.05, 0) is 31.2 Å². The van der Waals surface area contributed by atoms with Crippen molar-refractivity contribution in [2.75, 3.05) is 5.32 Å². The van der Waals surface area contributed by atoms with E-state index in [9.17, 15) is 4.79 Å². The van der Waals surface area contributed by atoms with Gasteiger partial charge in [-0.2, -0.15) is 0 Å². The summed E-state index contributed by atoms with van der Waals surface area (Å²) in [4.78, 5) is 27.7. The van der Waals surface area contributed by atoms with E-state index in [2.05, 4.69) is 20.4 Å². The molecule has 27 heavy (non-hydrogen) atoms. The summed E-state index contributed by atoms with van der Waals surface area (Å²) >= 11 is 0. The van der Waals surface area contributed by atoms with Gasteiger partial charge in [0.15, 0.2) is 5.82 Å². The van der Waals surface area contributed by atoms with E-state index in [0.717, 1.165) is 34.6 Å². The molecule has 0 spiro atoms. The molecule has 0 fully saturated rings. The molecule has 1 N–H and O–H groups in total. The number of nitrogens with one attached hydrogen (secondary N) is 1. The molecule has 7 heteroatoms. The molecule has 2 aromatic heterocycles. The van der Waals surface area contributed by atoms with Gasteiger partial charge < -0.3 is 10.1 Å². The maximum atomic E-state index is 10.7. The van der Waals surface area contributed by atoms with Crippen molar-refractivity contribution in [1.82, 2.24) is 19.6 Å². The molecule has 0 amide bonds. The van der Waals surface area contributed by atoms with Crippen molar-refractivity contribution < 1.29 is 9.59 Å². The van der Waals surface area contributed by atoms with Crippen molar-refractivity contribution in [3.05, 3.63) is 72.1 Å². The number of aromatic nitrogens is 4. The number of hydrogen-bond donors (Lipinski definition) is 1. The van der Waals surface area contributed by atoms with E-state index in [1.165, 1.54) is 0 Å². The monoisotopic (exact) mass is 359 g/mol. The van der Waals surface area contributed by atoms with E-state index in [-0.39, 0.29) is 0 Å². The first-order valence-electron chi connectivity index (χ1n) is 8.13. The average Bonchev–Trinajstić information content (AvgIpc) is 3.07. The van der Waals surface area contributed by atoms with Crippen LogP contribution in [0.4, 0.5) is 11.6 Å². The zero-order valence-corrected chi connectivity index (χ0v) is 14.7. The van der Waals surface area contributed by atoms with Gasteiger partial charge >= 0.3 is 0 Å². The number of hydrogen-bond acceptors (Lipinski definition) is 6. The van der Waals surface area contributed by atoms with Gasteiger partial charge in [-0.15, -0.1) is 5.10 Å². The van der Waals surface area contributed by atoms with E-state index in [1.54, 1.807) is 22.8 Å². The molecule has 0 saturated carbocycles. The van der Waals surface area contributed by atoms with Crippen molar-refractivity contribution in [3.63, 3.8) is 0 Å². The molecule has 0 atom stereocenters. The Labute approximate surface area is 155 Å². The van der Waals surface area contributed by atoms with E-state index in [0.29, 0.717) is 11.5 Å². The normalized spacial score (nSPS) is 10.1. The number of carbonyl (C=O) groups excluding carboxylic acids is 2. The van der Waals surface area contributed by atoms with E-state index < -0.39 is 0 Å². The van der Waals surface area contributed by atoms with Crippen LogP contribution in [0.3, 0.4) is 0 Å². The van der Waals surface area contributed by atoms with Crippen LogP contribution in [-0.2, 0) is 4.79 Å². The molecule has 134 valence electrons. The standard InChI is InChI=1S/C19H15N5O.CH2O/c1-13-17-11-20-19(22-16-9-7-14(12-25)8-10-16)23-24(17)18(21-13)15-5-3-2-4-6-15;1-2/h2-12H,1H3,(H,22,23);1H2. The second-order valence-corrected chi connectivity index (χ2v) is 5.63. The van der Waals surface area contributed by atoms with Crippen LogP contribution in [0.1, 0.15) is 16.1 Å². The largest absolute Gasteiger partial charge is 0.323 e. The van der Waals surface area contributed by atoms with Gasteiger partial charge in [-0.25, -0.2) is 14.5 Å². The number of fused-ring (bicyclic) bond motifs is 1. The molecule has 4 rings (SSSR count). The Morgan fingerprint density at radius 1 is 1.04 bits per heavy atom. The summed E-state index contributed by atoms with van der Waals surface area (Å²) in [7, 11) is 0. The molecule has 0 unspecified atom stereocenters. The van der Waals surface area contributed by atoms with Crippen LogP contribution in [0, 0.1) is 6.92 Å². The summed E-state index contributed by atoms with van der Waals surface area (Å²) in [6.45, 7) is 3.94. The second-order valence-electron chi connectivity index (χ2n) is 5.63. The first-order chi connectivity index (χ1) is 13.2. The highest BCUT2D eigenvalue weighted by molar-refractivity contribution is 5.76. The minimum Gasteiger partial charge on any atom is -0.323 e. The van der Waals surface area contributed by atoms with Gasteiger partial charge in [-0.1, -0.05) is 30.3 Å². The Kier molecular flexibility index (Phi) is 5.32. The Morgan fingerprint density at radius 2 is 1.74 bits per heavy atom. The Hall–Kier alpha value is -3.87. The van der Waals surface area contributed by atoms with E-state index in [1.807, 2.05) is 56.2 Å². The number of nitrogens with zero attached hydrogens (tertiary/aromatic N) is 4. The third-order valence-corrected chi connectivity index (χ3v) is 3.91. The van der Waals surface area contributed by atoms with Crippen LogP contribution in [0.25, 0.3) is 16.9 Å². The van der Waals surface area contributed by atoms with Crippen LogP contribution in [-0.4, -0.2) is 32.7 Å². The molecule has 2 heterocycles. The predicted octanol–water partition coefficient (Wildman–Crippen LogP) is 3.47. The lowest BCUT2D eigenvalue weighted by molar-refractivity contribution is -0.0980. The molecule has 0 bridgehead atoms. The Morgan fingerprint density at radius 3 is 2.41 bits per heavy atom. The maximum absolute atomic E-state index is 10.7. The van der Waals surface area contributed by atoms with Gasteiger partial charge in [0.25, 0.3) is 0 Å². The van der Waals surface area contributed by atoms with Crippen LogP contribution < -0.4 is 5.32 Å². The van der Waals surface area contributed by atoms with Crippen LogP contribution >= 0.6 is 0 Å². The summed E-state index contributed by atoms with van der Waals surface area (Å²) in [6, 6.07) is 17.0. The van der Waals surface area contributed by atoms with Crippen LogP contribution in [0.2, 0.25) is 0 Å². The molecule has 0 aliphatic heterocycles. The number of anilines is 2. The molecule has 7 nitrogen and oxygen atoms in total. The molecule has 0 aliphatic carbocycles. The molecule has 2 aromatic carbocycles. The van der Waals surface area contributed by atoms with Gasteiger partial charge in [0.2, 0.25) is 5.95 Å². The van der Waals surface area contributed by atoms with Crippen molar-refractivity contribution in [2.45, 2.75) is 6.92 Å². The van der Waals surface area contributed by atoms with Gasteiger partial charge in [0.05, 0.1) is 11.9 Å². The number of aryl methyl sites for hydroxylation is 1. The van der Waals surface area contributed by atoms with Gasteiger partial charge in [0.1, 0.15) is 18.6 Å². The average molecular weight is 359 g/mol. The fraction of sp³-hybridized carbons (Fsp3) is 0.0500. The Balaban J connectivity index is 0.00000102. The maximum Gasteiger partial charge on any atom is 0.245 e. The fourth-order valence-corrected chi connectivity index (χ4v) is 2.63. The van der Waals surface area contributed by atoms with E-state index >= 15 is 0 Å². The smallest absolute Gasteiger partial charge is 0.245 e. The zero-order valence-electron chi connectivity index (χ0n) is 14.7. The lowest BCUT2D eigenvalue weighted by Crippen LogP contribution is -2.03. The third-order valence-electron chi connectivity index (χ3n) is 3.91. The topological polar surface area (TPSA) is 89.3 Å². The minimum absolute atomic E-state index is 0.459. The summed E-state index contributed by atoms with van der Waals surface area (Å²) in [6.07, 6.45) is 2.57. The highest BCUT2D eigenvalue weighted by Gasteiger charge is 2.12. The van der Waals surface area contributed by atoms with Crippen molar-refractivity contribution >= 4 is 30.2 Å². The van der Waals surface area contributed by atoms with Gasteiger partial charge in [0, 0.05) is 16.8 Å². The molecule has 0 saturated heterocycles. The summed E-state index contributed by atoms with van der Waals surface area (Å²) < 4.78 is 1.79. The highest BCUT2D eigenvalue weighted by atomic mass is 16.1. The molecular formula is C20H17N5O2. The second kappa shape index (κ2) is 8.01. The molecule has 4 aromatic rings. The number of benzene rings is 2. The number of aldehydes is 1. The van der Waals surface area contributed by atoms with Crippen LogP contribution in [0.15, 0.2) is 60.8 Å². The summed E-state index contributed by atoms with van der Waals surface area (Å²) in [5.41, 5.74) is 4.16. The molecule has 0 aliphatic rings. The van der Waals surface area contributed by atoms with Crippen molar-refractivity contribution in [2.24, 2.45) is 0 Å². The predicted molar refractivity (Wildman–Crippen MR) is 103 cm³/mol. The first kappa shape index (κ1) is 17.9. The quantitative estimate of drug-likeness (QED) is 0.561. The molecular weight excluding hydrogens is 342 g/mol. The fourth-order valence-electron chi connectivity index (χ4n) is 2.63. The van der Waals surface area contributed by atoms with Gasteiger partial charge in [-0.3, -0.25) is 4.79 Å². The minimum atomic E-state index is 0.459. The summed E-state index contributed by atoms with van der Waals surface area (Å²) in [5, 5.41) is 7.72. The van der Waals surface area contributed by atoms with E-state index in [4.69, 9.17) is 4.79 Å². The van der Waals surface area contributed by atoms with Crippen molar-refractivity contribution in [1.29, 1.82) is 0 Å². The first-order valence-corrected chi connectivity index (χ1v) is 8.13. The molecule has 0 radical (unpaired) electrons.